The third kappa shape index (κ3) is 4.34. The van der Waals surface area contributed by atoms with Gasteiger partial charge in [0.1, 0.15) is 6.29 Å². The van der Waals surface area contributed by atoms with Crippen molar-refractivity contribution in [1.29, 1.82) is 0 Å². The van der Waals surface area contributed by atoms with Gasteiger partial charge in [-0.05, 0) is 38.6 Å². The van der Waals surface area contributed by atoms with Crippen LogP contribution >= 0.6 is 0 Å². The van der Waals surface area contributed by atoms with E-state index >= 15 is 0 Å². The van der Waals surface area contributed by atoms with Crippen LogP contribution in [-0.4, -0.2) is 57.8 Å². The van der Waals surface area contributed by atoms with Gasteiger partial charge in [-0.3, -0.25) is 0 Å². The second-order valence-electron chi connectivity index (χ2n) is 5.85. The minimum atomic E-state index is -0.191. The molecule has 2 aliphatic rings. The van der Waals surface area contributed by atoms with Crippen LogP contribution in [0.25, 0.3) is 0 Å². The summed E-state index contributed by atoms with van der Waals surface area (Å²) in [7, 11) is 2.07. The predicted octanol–water partition coefficient (Wildman–Crippen LogP) is 1.34. The largest absolute Gasteiger partial charge is 0.381 e. The van der Waals surface area contributed by atoms with Crippen molar-refractivity contribution in [2.75, 3.05) is 46.6 Å². The van der Waals surface area contributed by atoms with Crippen LogP contribution < -0.4 is 0 Å². The molecule has 2 fully saturated rings. The highest BCUT2D eigenvalue weighted by atomic mass is 16.5. The summed E-state index contributed by atoms with van der Waals surface area (Å²) in [6.07, 6.45) is 5.51. The quantitative estimate of drug-likeness (QED) is 0.485. The average molecular weight is 255 g/mol. The lowest BCUT2D eigenvalue weighted by molar-refractivity contribution is -0.122. The first-order valence-corrected chi connectivity index (χ1v) is 7.04. The van der Waals surface area contributed by atoms with E-state index < -0.39 is 0 Å². The number of hydrogen-bond donors (Lipinski definition) is 0. The highest BCUT2D eigenvalue weighted by Gasteiger charge is 2.33. The van der Waals surface area contributed by atoms with Crippen LogP contribution in [0, 0.1) is 11.3 Å². The molecule has 1 saturated heterocycles. The van der Waals surface area contributed by atoms with Gasteiger partial charge in [0.15, 0.2) is 0 Å². The molecule has 1 aliphatic heterocycles. The molecule has 0 amide bonds. The summed E-state index contributed by atoms with van der Waals surface area (Å²) >= 11 is 0. The van der Waals surface area contributed by atoms with Gasteiger partial charge in [0.25, 0.3) is 0 Å². The molecule has 4 nitrogen and oxygen atoms in total. The van der Waals surface area contributed by atoms with E-state index in [1.165, 1.54) is 12.8 Å². The fourth-order valence-corrected chi connectivity index (χ4v) is 2.46. The zero-order valence-electron chi connectivity index (χ0n) is 11.4. The summed E-state index contributed by atoms with van der Waals surface area (Å²) in [4.78, 5) is 13.5. The van der Waals surface area contributed by atoms with E-state index in [2.05, 4.69) is 11.9 Å². The van der Waals surface area contributed by atoms with Crippen molar-refractivity contribution < 1.29 is 14.3 Å². The molecule has 0 unspecified atom stereocenters. The zero-order valence-corrected chi connectivity index (χ0v) is 11.4. The van der Waals surface area contributed by atoms with Crippen LogP contribution in [0.2, 0.25) is 0 Å². The van der Waals surface area contributed by atoms with Crippen LogP contribution in [0.15, 0.2) is 0 Å². The first kappa shape index (κ1) is 14.0. The Kier molecular flexibility index (Phi) is 5.15. The molecule has 0 radical (unpaired) electrons. The lowest BCUT2D eigenvalue weighted by Gasteiger charge is -2.35. The number of carbonyl (C=O) groups is 1. The molecule has 4 heteroatoms. The second kappa shape index (κ2) is 6.64. The van der Waals surface area contributed by atoms with Gasteiger partial charge in [-0.15, -0.1) is 0 Å². The SMILES string of the molecule is CN(CCOCC1CC1)CC1(C=O)CCOCC1. The van der Waals surface area contributed by atoms with Gasteiger partial charge in [0.05, 0.1) is 6.61 Å². The molecule has 1 heterocycles. The van der Waals surface area contributed by atoms with Gasteiger partial charge in [-0.25, -0.2) is 0 Å². The number of carbonyl (C=O) groups excluding carboxylic acids is 1. The van der Waals surface area contributed by atoms with E-state index in [4.69, 9.17) is 9.47 Å². The van der Waals surface area contributed by atoms with Gasteiger partial charge in [-0.1, -0.05) is 0 Å². The van der Waals surface area contributed by atoms with E-state index in [-0.39, 0.29) is 5.41 Å². The number of ether oxygens (including phenoxy) is 2. The molecule has 1 aliphatic carbocycles. The molecule has 2 rings (SSSR count). The summed E-state index contributed by atoms with van der Waals surface area (Å²) in [6.45, 7) is 4.85. The maximum atomic E-state index is 11.3. The van der Waals surface area contributed by atoms with Gasteiger partial charge < -0.3 is 19.2 Å². The van der Waals surface area contributed by atoms with Crippen molar-refractivity contribution >= 4 is 6.29 Å². The molecule has 0 aromatic carbocycles. The van der Waals surface area contributed by atoms with Gasteiger partial charge >= 0.3 is 0 Å². The first-order valence-electron chi connectivity index (χ1n) is 7.04. The van der Waals surface area contributed by atoms with Crippen LogP contribution in [0.4, 0.5) is 0 Å². The summed E-state index contributed by atoms with van der Waals surface area (Å²) in [6, 6.07) is 0. The Morgan fingerprint density at radius 3 is 2.72 bits per heavy atom. The third-order valence-corrected chi connectivity index (χ3v) is 3.99. The standard InChI is InChI=1S/C14H25NO3/c1-15(6-9-18-10-13-2-3-13)11-14(12-16)4-7-17-8-5-14/h12-13H,2-11H2,1H3. The smallest absolute Gasteiger partial charge is 0.127 e. The Bertz CT molecular complexity index is 260. The van der Waals surface area contributed by atoms with Gasteiger partial charge in [-0.2, -0.15) is 0 Å². The Labute approximate surface area is 110 Å². The number of rotatable bonds is 8. The van der Waals surface area contributed by atoms with Crippen molar-refractivity contribution in [2.24, 2.45) is 11.3 Å². The van der Waals surface area contributed by atoms with Crippen LogP contribution in [0.3, 0.4) is 0 Å². The molecule has 0 aromatic rings. The minimum absolute atomic E-state index is 0.191. The zero-order chi connectivity index (χ0) is 12.8. The number of hydrogen-bond acceptors (Lipinski definition) is 4. The second-order valence-corrected chi connectivity index (χ2v) is 5.85. The van der Waals surface area contributed by atoms with E-state index in [0.29, 0.717) is 13.2 Å². The van der Waals surface area contributed by atoms with E-state index in [0.717, 1.165) is 51.3 Å². The summed E-state index contributed by atoms with van der Waals surface area (Å²) in [5.74, 6) is 0.826. The molecule has 0 spiro atoms. The monoisotopic (exact) mass is 255 g/mol. The highest BCUT2D eigenvalue weighted by molar-refractivity contribution is 5.60. The molecule has 0 bridgehead atoms. The van der Waals surface area contributed by atoms with E-state index in [1.807, 2.05) is 0 Å². The molecular weight excluding hydrogens is 230 g/mol. The lowest BCUT2D eigenvalue weighted by atomic mass is 9.81. The molecule has 0 N–H and O–H groups in total. The summed E-state index contributed by atoms with van der Waals surface area (Å²) < 4.78 is 11.0. The summed E-state index contributed by atoms with van der Waals surface area (Å²) in [5, 5.41) is 0. The maximum Gasteiger partial charge on any atom is 0.127 e. The van der Waals surface area contributed by atoms with Crippen molar-refractivity contribution in [2.45, 2.75) is 25.7 Å². The average Bonchev–Trinajstić information content (AvgIpc) is 3.20. The number of likely N-dealkylation sites (N-methyl/N-ethyl adjacent to an activating group) is 1. The molecule has 0 aromatic heterocycles. The van der Waals surface area contributed by atoms with Crippen molar-refractivity contribution in [3.63, 3.8) is 0 Å². The Hall–Kier alpha value is -0.450. The Morgan fingerprint density at radius 1 is 1.39 bits per heavy atom. The van der Waals surface area contributed by atoms with Crippen LogP contribution in [0.1, 0.15) is 25.7 Å². The van der Waals surface area contributed by atoms with Crippen LogP contribution in [-0.2, 0) is 14.3 Å². The maximum absolute atomic E-state index is 11.3. The fraction of sp³-hybridized carbons (Fsp3) is 0.929. The minimum Gasteiger partial charge on any atom is -0.381 e. The van der Waals surface area contributed by atoms with Gasteiger partial charge in [0.2, 0.25) is 0 Å². The first-order chi connectivity index (χ1) is 8.74. The number of nitrogens with zero attached hydrogens (tertiary/aromatic N) is 1. The predicted molar refractivity (Wildman–Crippen MR) is 69.6 cm³/mol. The lowest BCUT2D eigenvalue weighted by Crippen LogP contribution is -2.42. The molecule has 0 atom stereocenters. The molecular formula is C14H25NO3. The fourth-order valence-electron chi connectivity index (χ4n) is 2.46. The van der Waals surface area contributed by atoms with Crippen molar-refractivity contribution in [3.05, 3.63) is 0 Å². The van der Waals surface area contributed by atoms with E-state index in [9.17, 15) is 4.79 Å². The van der Waals surface area contributed by atoms with E-state index in [1.54, 1.807) is 0 Å². The summed E-state index contributed by atoms with van der Waals surface area (Å²) in [5.41, 5.74) is -0.191. The highest BCUT2D eigenvalue weighted by Crippen LogP contribution is 2.29. The van der Waals surface area contributed by atoms with Crippen molar-refractivity contribution in [3.8, 4) is 0 Å². The Morgan fingerprint density at radius 2 is 2.11 bits per heavy atom. The third-order valence-electron chi connectivity index (χ3n) is 3.99. The topological polar surface area (TPSA) is 38.8 Å². The normalized spacial score (nSPS) is 23.2. The molecule has 104 valence electrons. The Balaban J connectivity index is 1.64. The molecule has 18 heavy (non-hydrogen) atoms. The van der Waals surface area contributed by atoms with Crippen LogP contribution in [0.5, 0.6) is 0 Å². The van der Waals surface area contributed by atoms with Gasteiger partial charge in [0, 0.05) is 38.3 Å². The number of aldehydes is 1. The van der Waals surface area contributed by atoms with Crippen molar-refractivity contribution in [1.82, 2.24) is 4.90 Å². The molecule has 1 saturated carbocycles.